The van der Waals surface area contributed by atoms with E-state index in [1.165, 1.54) is 31.3 Å². The smallest absolute Gasteiger partial charge is 0.0253 e. The third-order valence-corrected chi connectivity index (χ3v) is 2.17. The van der Waals surface area contributed by atoms with Crippen LogP contribution in [0.3, 0.4) is 0 Å². The van der Waals surface area contributed by atoms with Gasteiger partial charge >= 0.3 is 0 Å². The molecule has 10 heavy (non-hydrogen) atoms. The van der Waals surface area contributed by atoms with Crippen LogP contribution in [-0.4, -0.2) is 6.04 Å². The average molecular weight is 139 g/mol. The minimum Gasteiger partial charge on any atom is -0.324 e. The van der Waals surface area contributed by atoms with Crippen LogP contribution >= 0.6 is 0 Å². The van der Waals surface area contributed by atoms with Gasteiger partial charge in [0.05, 0.1) is 0 Å². The summed E-state index contributed by atoms with van der Waals surface area (Å²) in [6.07, 6.45) is 8.55. The highest BCUT2D eigenvalue weighted by Gasteiger charge is 2.12. The molecule has 1 aliphatic rings. The molecule has 1 heteroatoms. The van der Waals surface area contributed by atoms with Crippen molar-refractivity contribution in [3.8, 4) is 0 Å². The van der Waals surface area contributed by atoms with Crippen LogP contribution in [0, 0.1) is 0 Å². The van der Waals surface area contributed by atoms with Gasteiger partial charge in [-0.2, -0.15) is 0 Å². The summed E-state index contributed by atoms with van der Waals surface area (Å²) in [5.74, 6) is 0. The summed E-state index contributed by atoms with van der Waals surface area (Å²) in [4.78, 5) is 0. The van der Waals surface area contributed by atoms with Crippen molar-refractivity contribution in [2.24, 2.45) is 5.73 Å². The predicted molar refractivity (Wildman–Crippen MR) is 44.8 cm³/mol. The van der Waals surface area contributed by atoms with E-state index in [4.69, 9.17) is 5.73 Å². The van der Waals surface area contributed by atoms with Gasteiger partial charge in [0.2, 0.25) is 0 Å². The van der Waals surface area contributed by atoms with Crippen LogP contribution in [0.25, 0.3) is 0 Å². The lowest BCUT2D eigenvalue weighted by atomic mass is 9.90. The molecule has 1 atom stereocenters. The van der Waals surface area contributed by atoms with Gasteiger partial charge in [-0.1, -0.05) is 25.0 Å². The van der Waals surface area contributed by atoms with Crippen molar-refractivity contribution in [1.29, 1.82) is 0 Å². The Bertz CT molecular complexity index is 127. The Morgan fingerprint density at radius 2 is 2.40 bits per heavy atom. The minimum absolute atomic E-state index is 0.383. The summed E-state index contributed by atoms with van der Waals surface area (Å²) in [5, 5.41) is 0. The van der Waals surface area contributed by atoms with Crippen molar-refractivity contribution in [1.82, 2.24) is 0 Å². The Morgan fingerprint density at radius 1 is 1.60 bits per heavy atom. The molecule has 0 aromatic carbocycles. The van der Waals surface area contributed by atoms with Gasteiger partial charge in [0.15, 0.2) is 0 Å². The number of hydrogen-bond acceptors (Lipinski definition) is 1. The van der Waals surface area contributed by atoms with Crippen LogP contribution in [0.15, 0.2) is 11.6 Å². The standard InChI is InChI=1S/C9H17N/c1-2-5-8-6-3-4-7-9(8)10/h5,9H,2-4,6-7,10H2,1H3. The molecule has 0 heterocycles. The van der Waals surface area contributed by atoms with Crippen LogP contribution in [-0.2, 0) is 0 Å². The highest BCUT2D eigenvalue weighted by molar-refractivity contribution is 5.11. The summed E-state index contributed by atoms with van der Waals surface area (Å²) in [6.45, 7) is 2.17. The first kappa shape index (κ1) is 7.80. The van der Waals surface area contributed by atoms with E-state index in [9.17, 15) is 0 Å². The van der Waals surface area contributed by atoms with Crippen molar-refractivity contribution < 1.29 is 0 Å². The first-order valence-electron chi connectivity index (χ1n) is 4.29. The fourth-order valence-corrected chi connectivity index (χ4v) is 1.58. The summed E-state index contributed by atoms with van der Waals surface area (Å²) in [7, 11) is 0. The second kappa shape index (κ2) is 3.77. The lowest BCUT2D eigenvalue weighted by Gasteiger charge is -2.21. The molecule has 1 unspecified atom stereocenters. The van der Waals surface area contributed by atoms with Crippen LogP contribution in [0.2, 0.25) is 0 Å². The van der Waals surface area contributed by atoms with Crippen LogP contribution < -0.4 is 5.73 Å². The third kappa shape index (κ3) is 1.84. The topological polar surface area (TPSA) is 26.0 Å². The highest BCUT2D eigenvalue weighted by Crippen LogP contribution is 2.22. The van der Waals surface area contributed by atoms with Gasteiger partial charge in [0.25, 0.3) is 0 Å². The SMILES string of the molecule is CCC=C1CCCCC1N. The van der Waals surface area contributed by atoms with E-state index < -0.39 is 0 Å². The quantitative estimate of drug-likeness (QED) is 0.554. The summed E-state index contributed by atoms with van der Waals surface area (Å²) in [6, 6.07) is 0.383. The van der Waals surface area contributed by atoms with Crippen molar-refractivity contribution >= 4 is 0 Å². The third-order valence-electron chi connectivity index (χ3n) is 2.17. The Hall–Kier alpha value is -0.300. The molecule has 0 aliphatic heterocycles. The molecule has 0 spiro atoms. The van der Waals surface area contributed by atoms with Crippen molar-refractivity contribution in [2.75, 3.05) is 0 Å². The lowest BCUT2D eigenvalue weighted by molar-refractivity contribution is 0.534. The van der Waals surface area contributed by atoms with Crippen molar-refractivity contribution in [2.45, 2.75) is 45.1 Å². The summed E-state index contributed by atoms with van der Waals surface area (Å²) >= 11 is 0. The van der Waals surface area contributed by atoms with Crippen LogP contribution in [0.1, 0.15) is 39.0 Å². The van der Waals surface area contributed by atoms with E-state index in [0.717, 1.165) is 6.42 Å². The number of nitrogens with two attached hydrogens (primary N) is 1. The van der Waals surface area contributed by atoms with E-state index >= 15 is 0 Å². The zero-order chi connectivity index (χ0) is 7.40. The van der Waals surface area contributed by atoms with E-state index in [2.05, 4.69) is 13.0 Å². The van der Waals surface area contributed by atoms with E-state index in [0.29, 0.717) is 6.04 Å². The zero-order valence-electron chi connectivity index (χ0n) is 6.77. The molecule has 1 aliphatic carbocycles. The molecular formula is C9H17N. The van der Waals surface area contributed by atoms with Crippen LogP contribution in [0.4, 0.5) is 0 Å². The molecule has 0 bridgehead atoms. The maximum atomic E-state index is 5.90. The molecule has 1 rings (SSSR count). The fourth-order valence-electron chi connectivity index (χ4n) is 1.58. The molecule has 0 saturated heterocycles. The largest absolute Gasteiger partial charge is 0.324 e. The summed E-state index contributed by atoms with van der Waals surface area (Å²) in [5.41, 5.74) is 7.39. The maximum absolute atomic E-state index is 5.90. The zero-order valence-corrected chi connectivity index (χ0v) is 6.77. The minimum atomic E-state index is 0.383. The molecule has 1 fully saturated rings. The van der Waals surface area contributed by atoms with E-state index in [1.807, 2.05) is 0 Å². The van der Waals surface area contributed by atoms with Crippen LogP contribution in [0.5, 0.6) is 0 Å². The predicted octanol–water partition coefficient (Wildman–Crippen LogP) is 2.22. The molecule has 58 valence electrons. The van der Waals surface area contributed by atoms with E-state index in [-0.39, 0.29) is 0 Å². The highest BCUT2D eigenvalue weighted by atomic mass is 14.6. The lowest BCUT2D eigenvalue weighted by Crippen LogP contribution is -2.25. The Labute approximate surface area is 63.3 Å². The molecule has 0 amide bonds. The molecule has 1 saturated carbocycles. The number of hydrogen-bond donors (Lipinski definition) is 1. The number of allylic oxidation sites excluding steroid dienone is 1. The Kier molecular flexibility index (Phi) is 2.94. The Balaban J connectivity index is 2.47. The molecule has 0 aromatic rings. The Morgan fingerprint density at radius 3 is 3.00 bits per heavy atom. The second-order valence-electron chi connectivity index (χ2n) is 3.04. The first-order chi connectivity index (χ1) is 4.84. The van der Waals surface area contributed by atoms with Crippen molar-refractivity contribution in [3.05, 3.63) is 11.6 Å². The van der Waals surface area contributed by atoms with Gasteiger partial charge in [0.1, 0.15) is 0 Å². The molecule has 1 nitrogen and oxygen atoms in total. The van der Waals surface area contributed by atoms with Crippen molar-refractivity contribution in [3.63, 3.8) is 0 Å². The van der Waals surface area contributed by atoms with Gasteiger partial charge in [0, 0.05) is 6.04 Å². The van der Waals surface area contributed by atoms with Gasteiger partial charge in [-0.15, -0.1) is 0 Å². The maximum Gasteiger partial charge on any atom is 0.0253 e. The average Bonchev–Trinajstić information content (AvgIpc) is 1.94. The van der Waals surface area contributed by atoms with E-state index in [1.54, 1.807) is 0 Å². The van der Waals surface area contributed by atoms with Gasteiger partial charge in [-0.25, -0.2) is 0 Å². The monoisotopic (exact) mass is 139 g/mol. The van der Waals surface area contributed by atoms with Gasteiger partial charge in [-0.3, -0.25) is 0 Å². The first-order valence-corrected chi connectivity index (χ1v) is 4.29. The molecule has 0 aromatic heterocycles. The molecule has 0 radical (unpaired) electrons. The van der Waals surface area contributed by atoms with Gasteiger partial charge < -0.3 is 5.73 Å². The fraction of sp³-hybridized carbons (Fsp3) is 0.778. The second-order valence-corrected chi connectivity index (χ2v) is 3.04. The summed E-state index contributed by atoms with van der Waals surface area (Å²) < 4.78 is 0. The molecular weight excluding hydrogens is 122 g/mol. The normalized spacial score (nSPS) is 31.0. The number of rotatable bonds is 1. The molecule has 2 N–H and O–H groups in total. The van der Waals surface area contributed by atoms with Gasteiger partial charge in [-0.05, 0) is 25.7 Å².